The lowest BCUT2D eigenvalue weighted by Gasteiger charge is -2.23. The largest absolute Gasteiger partial charge is 0.507 e. The van der Waals surface area contributed by atoms with Crippen LogP contribution in [0.5, 0.6) is 5.75 Å². The highest BCUT2D eigenvalue weighted by atomic mass is 16.4. The molecule has 0 aliphatic heterocycles. The number of benzene rings is 2. The van der Waals surface area contributed by atoms with Crippen molar-refractivity contribution < 1.29 is 14.6 Å². The zero-order valence-electron chi connectivity index (χ0n) is 16.5. The lowest BCUT2D eigenvalue weighted by molar-refractivity contribution is 0.129. The van der Waals surface area contributed by atoms with Gasteiger partial charge in [0, 0.05) is 17.9 Å². The van der Waals surface area contributed by atoms with Crippen LogP contribution in [0.4, 0.5) is 0 Å². The predicted octanol–water partition coefficient (Wildman–Crippen LogP) is 5.11. The first-order valence-corrected chi connectivity index (χ1v) is 10.2. The number of rotatable bonds is 7. The summed E-state index contributed by atoms with van der Waals surface area (Å²) >= 11 is 0. The van der Waals surface area contributed by atoms with Gasteiger partial charge in [0.25, 0.3) is 0 Å². The molecule has 3 atom stereocenters. The van der Waals surface area contributed by atoms with E-state index in [2.05, 4.69) is 0 Å². The third-order valence-electron chi connectivity index (χ3n) is 5.88. The molecule has 0 bridgehead atoms. The molecule has 0 spiro atoms. The van der Waals surface area contributed by atoms with Crippen molar-refractivity contribution >= 4 is 0 Å². The molecule has 1 saturated carbocycles. The van der Waals surface area contributed by atoms with Gasteiger partial charge in [0.1, 0.15) is 11.5 Å². The van der Waals surface area contributed by atoms with E-state index in [1.807, 2.05) is 67.6 Å². The van der Waals surface area contributed by atoms with Gasteiger partial charge in [-0.1, -0.05) is 67.6 Å². The first kappa shape index (κ1) is 19.5. The molecule has 0 unspecified atom stereocenters. The number of hydrogen-bond donors (Lipinski definition) is 2. The fourth-order valence-corrected chi connectivity index (χ4v) is 4.20. The maximum Gasteiger partial charge on any atom is 0.343 e. The Labute approximate surface area is 170 Å². The predicted molar refractivity (Wildman–Crippen MR) is 112 cm³/mol. The molecule has 2 aromatic carbocycles. The van der Waals surface area contributed by atoms with Crippen molar-refractivity contribution in [1.29, 1.82) is 0 Å². The standard InChI is InChI=1S/C25H26O4/c1-2-19(24(27)18-11-7-4-8-12-18)21-15-20(26)23(25(28)29-21)22(17-13-14-17)16-9-5-3-6-10-16/h3-12,15,17,19,22,24,26-27H,2,13-14H2,1H3/t19-,22+,24+/m1/s1. The molecule has 1 aliphatic rings. The Kier molecular flexibility index (Phi) is 5.54. The Hall–Kier alpha value is -2.85. The highest BCUT2D eigenvalue weighted by molar-refractivity contribution is 5.42. The molecule has 3 aromatic rings. The second kappa shape index (κ2) is 8.26. The van der Waals surface area contributed by atoms with Gasteiger partial charge in [0.15, 0.2) is 0 Å². The molecule has 0 radical (unpaired) electrons. The van der Waals surface area contributed by atoms with E-state index in [0.29, 0.717) is 23.7 Å². The summed E-state index contributed by atoms with van der Waals surface area (Å²) in [6, 6.07) is 20.6. The summed E-state index contributed by atoms with van der Waals surface area (Å²) in [6.07, 6.45) is 1.82. The minimum atomic E-state index is -0.817. The van der Waals surface area contributed by atoms with E-state index in [4.69, 9.17) is 4.42 Å². The van der Waals surface area contributed by atoms with E-state index in [1.165, 1.54) is 6.07 Å². The minimum absolute atomic E-state index is 0.0456. The van der Waals surface area contributed by atoms with Gasteiger partial charge >= 0.3 is 5.63 Å². The van der Waals surface area contributed by atoms with E-state index in [-0.39, 0.29) is 11.7 Å². The molecule has 2 N–H and O–H groups in total. The van der Waals surface area contributed by atoms with Gasteiger partial charge < -0.3 is 14.6 Å². The van der Waals surface area contributed by atoms with Crippen molar-refractivity contribution in [3.8, 4) is 5.75 Å². The van der Waals surface area contributed by atoms with Gasteiger partial charge in [-0.3, -0.25) is 0 Å². The molecular formula is C25H26O4. The number of hydrogen-bond acceptors (Lipinski definition) is 4. The van der Waals surface area contributed by atoms with Crippen LogP contribution in [0.25, 0.3) is 0 Å². The number of aromatic hydroxyl groups is 1. The molecule has 4 rings (SSSR count). The third-order valence-corrected chi connectivity index (χ3v) is 5.88. The van der Waals surface area contributed by atoms with Crippen LogP contribution in [0.2, 0.25) is 0 Å². The van der Waals surface area contributed by atoms with Crippen LogP contribution in [0, 0.1) is 5.92 Å². The fraction of sp³-hybridized carbons (Fsp3) is 0.320. The summed E-state index contributed by atoms with van der Waals surface area (Å²) in [6.45, 7) is 1.93. The topological polar surface area (TPSA) is 70.7 Å². The normalized spacial score (nSPS) is 16.9. The highest BCUT2D eigenvalue weighted by Crippen LogP contribution is 2.48. The molecule has 0 amide bonds. The van der Waals surface area contributed by atoms with E-state index in [0.717, 1.165) is 24.0 Å². The highest BCUT2D eigenvalue weighted by Gasteiger charge is 2.37. The van der Waals surface area contributed by atoms with Crippen LogP contribution in [0.1, 0.15) is 66.6 Å². The second-order valence-corrected chi connectivity index (χ2v) is 7.83. The maximum absolute atomic E-state index is 13.0. The molecule has 4 heteroatoms. The van der Waals surface area contributed by atoms with E-state index < -0.39 is 17.6 Å². The molecular weight excluding hydrogens is 364 g/mol. The Morgan fingerprint density at radius 3 is 2.10 bits per heavy atom. The molecule has 150 valence electrons. The summed E-state index contributed by atoms with van der Waals surface area (Å²) in [5.74, 6) is 0.0316. The average molecular weight is 390 g/mol. The van der Waals surface area contributed by atoms with Gasteiger partial charge in [0.2, 0.25) is 0 Å². The summed E-state index contributed by atoms with van der Waals surface area (Å²) in [5, 5.41) is 21.7. The van der Waals surface area contributed by atoms with Gasteiger partial charge in [0.05, 0.1) is 11.7 Å². The lowest BCUT2D eigenvalue weighted by Crippen LogP contribution is -2.19. The van der Waals surface area contributed by atoms with Crippen molar-refractivity contribution in [2.24, 2.45) is 5.92 Å². The molecule has 4 nitrogen and oxygen atoms in total. The number of aliphatic hydroxyl groups excluding tert-OH is 1. The number of aliphatic hydroxyl groups is 1. The van der Waals surface area contributed by atoms with Crippen LogP contribution in [0.15, 0.2) is 75.9 Å². The molecule has 1 fully saturated rings. The van der Waals surface area contributed by atoms with Crippen molar-refractivity contribution in [2.45, 2.75) is 44.1 Å². The molecule has 1 heterocycles. The summed E-state index contributed by atoms with van der Waals surface area (Å²) in [4.78, 5) is 13.0. The van der Waals surface area contributed by atoms with E-state index in [9.17, 15) is 15.0 Å². The molecule has 1 aliphatic carbocycles. The SMILES string of the molecule is CC[C@H](c1cc(O)c([C@@H](c2ccccc2)C2CC2)c(=O)o1)[C@@H](O)c1ccccc1. The molecule has 1 aromatic heterocycles. The zero-order chi connectivity index (χ0) is 20.4. The molecule has 0 saturated heterocycles. The Morgan fingerprint density at radius 1 is 1.00 bits per heavy atom. The quantitative estimate of drug-likeness (QED) is 0.588. The Bertz CT molecular complexity index is 1010. The Balaban J connectivity index is 1.72. The van der Waals surface area contributed by atoms with Gasteiger partial charge in [-0.05, 0) is 36.3 Å². The van der Waals surface area contributed by atoms with E-state index in [1.54, 1.807) is 0 Å². The van der Waals surface area contributed by atoms with Crippen LogP contribution >= 0.6 is 0 Å². The summed E-state index contributed by atoms with van der Waals surface area (Å²) in [5.41, 5.74) is 1.58. The van der Waals surface area contributed by atoms with Crippen LogP contribution in [0.3, 0.4) is 0 Å². The van der Waals surface area contributed by atoms with Crippen molar-refractivity contribution in [3.63, 3.8) is 0 Å². The van der Waals surface area contributed by atoms with Crippen LogP contribution < -0.4 is 5.63 Å². The lowest BCUT2D eigenvalue weighted by atomic mass is 9.86. The van der Waals surface area contributed by atoms with E-state index >= 15 is 0 Å². The maximum atomic E-state index is 13.0. The molecule has 29 heavy (non-hydrogen) atoms. The van der Waals surface area contributed by atoms with Gasteiger partial charge in [-0.15, -0.1) is 0 Å². The second-order valence-electron chi connectivity index (χ2n) is 7.83. The van der Waals surface area contributed by atoms with Gasteiger partial charge in [-0.2, -0.15) is 0 Å². The smallest absolute Gasteiger partial charge is 0.343 e. The van der Waals surface area contributed by atoms with Crippen LogP contribution in [-0.4, -0.2) is 10.2 Å². The zero-order valence-corrected chi connectivity index (χ0v) is 16.5. The average Bonchev–Trinajstić information content (AvgIpc) is 3.57. The Morgan fingerprint density at radius 2 is 1.59 bits per heavy atom. The first-order chi connectivity index (χ1) is 14.1. The summed E-state index contributed by atoms with van der Waals surface area (Å²) < 4.78 is 5.69. The van der Waals surface area contributed by atoms with Gasteiger partial charge in [-0.25, -0.2) is 4.79 Å². The van der Waals surface area contributed by atoms with Crippen molar-refractivity contribution in [2.75, 3.05) is 0 Å². The third kappa shape index (κ3) is 3.99. The van der Waals surface area contributed by atoms with Crippen molar-refractivity contribution in [3.05, 3.63) is 99.6 Å². The van der Waals surface area contributed by atoms with Crippen LogP contribution in [-0.2, 0) is 0 Å². The fourth-order valence-electron chi connectivity index (χ4n) is 4.20. The first-order valence-electron chi connectivity index (χ1n) is 10.2. The summed E-state index contributed by atoms with van der Waals surface area (Å²) in [7, 11) is 0. The monoisotopic (exact) mass is 390 g/mol. The van der Waals surface area contributed by atoms with Crippen molar-refractivity contribution in [1.82, 2.24) is 0 Å². The minimum Gasteiger partial charge on any atom is -0.507 e.